The largest absolute Gasteiger partial charge is 0.496 e. The predicted octanol–water partition coefficient (Wildman–Crippen LogP) is 4.98. The topological polar surface area (TPSA) is 105 Å². The second-order valence-corrected chi connectivity index (χ2v) is 7.71. The number of para-hydroxylation sites is 1. The van der Waals surface area contributed by atoms with Crippen LogP contribution in [0.15, 0.2) is 57.5 Å². The van der Waals surface area contributed by atoms with Crippen molar-refractivity contribution in [2.45, 2.75) is 20.4 Å². The number of aromatic nitrogens is 6. The van der Waals surface area contributed by atoms with Crippen molar-refractivity contribution in [3.05, 3.63) is 70.7 Å². The molecule has 0 spiro atoms. The smallest absolute Gasteiger partial charge is 0.280 e. The van der Waals surface area contributed by atoms with E-state index in [9.17, 15) is 0 Å². The first-order chi connectivity index (χ1) is 16.0. The molecule has 0 saturated carbocycles. The molecule has 5 aromatic rings. The fraction of sp³-hybridized carbons (Fsp3) is 0.174. The summed E-state index contributed by atoms with van der Waals surface area (Å²) in [4.78, 5) is 9.11. The van der Waals surface area contributed by atoms with Crippen molar-refractivity contribution in [3.8, 4) is 40.2 Å². The van der Waals surface area contributed by atoms with Gasteiger partial charge >= 0.3 is 0 Å². The van der Waals surface area contributed by atoms with E-state index in [4.69, 9.17) is 25.3 Å². The number of methoxy groups -OCH3 is 1. The summed E-state index contributed by atoms with van der Waals surface area (Å²) >= 11 is 6.24. The van der Waals surface area contributed by atoms with E-state index < -0.39 is 0 Å². The van der Waals surface area contributed by atoms with Gasteiger partial charge in [0, 0.05) is 5.56 Å². The third-order valence-electron chi connectivity index (χ3n) is 5.26. The zero-order chi connectivity index (χ0) is 22.9. The summed E-state index contributed by atoms with van der Waals surface area (Å²) in [6, 6.07) is 14.9. The van der Waals surface area contributed by atoms with Crippen molar-refractivity contribution in [1.29, 1.82) is 0 Å². The highest BCUT2D eigenvalue weighted by Gasteiger charge is 2.21. The van der Waals surface area contributed by atoms with Gasteiger partial charge in [0.15, 0.2) is 5.69 Å². The van der Waals surface area contributed by atoms with Crippen LogP contribution in [0, 0.1) is 13.8 Å². The Labute approximate surface area is 194 Å². The van der Waals surface area contributed by atoms with Crippen LogP contribution >= 0.6 is 11.6 Å². The number of hydrogen-bond donors (Lipinski definition) is 0. The highest BCUT2D eigenvalue weighted by atomic mass is 35.5. The summed E-state index contributed by atoms with van der Waals surface area (Å²) in [5, 5.41) is 13.1. The van der Waals surface area contributed by atoms with Crippen LogP contribution in [0.1, 0.15) is 17.1 Å². The Hall–Kier alpha value is -3.98. The van der Waals surface area contributed by atoms with Crippen molar-refractivity contribution in [2.24, 2.45) is 0 Å². The quantitative estimate of drug-likeness (QED) is 0.348. The fourth-order valence-corrected chi connectivity index (χ4v) is 3.65. The van der Waals surface area contributed by atoms with Gasteiger partial charge in [-0.2, -0.15) is 4.98 Å². The minimum atomic E-state index is 0.264. The van der Waals surface area contributed by atoms with E-state index >= 15 is 0 Å². The van der Waals surface area contributed by atoms with Crippen LogP contribution in [-0.2, 0) is 6.54 Å². The van der Waals surface area contributed by atoms with Crippen molar-refractivity contribution in [1.82, 2.24) is 30.1 Å². The number of ether oxygens (including phenoxy) is 1. The lowest BCUT2D eigenvalue weighted by atomic mass is 10.2. The zero-order valence-electron chi connectivity index (χ0n) is 18.1. The van der Waals surface area contributed by atoms with Gasteiger partial charge in [-0.3, -0.25) is 0 Å². The molecule has 3 aromatic heterocycles. The molecule has 0 bridgehead atoms. The maximum Gasteiger partial charge on any atom is 0.280 e. The zero-order valence-corrected chi connectivity index (χ0v) is 18.9. The third-order valence-corrected chi connectivity index (χ3v) is 5.59. The van der Waals surface area contributed by atoms with Gasteiger partial charge in [-0.25, -0.2) is 9.67 Å². The van der Waals surface area contributed by atoms with E-state index in [0.717, 1.165) is 17.0 Å². The number of nitrogens with zero attached hydrogens (tertiary/aromatic N) is 6. The van der Waals surface area contributed by atoms with Crippen molar-refractivity contribution < 1.29 is 13.7 Å². The first kappa shape index (κ1) is 20.9. The summed E-state index contributed by atoms with van der Waals surface area (Å²) in [7, 11) is 1.62. The van der Waals surface area contributed by atoms with Crippen LogP contribution in [0.2, 0.25) is 5.02 Å². The molecule has 33 heavy (non-hydrogen) atoms. The van der Waals surface area contributed by atoms with Crippen LogP contribution in [0.5, 0.6) is 5.75 Å². The number of benzene rings is 2. The normalized spacial score (nSPS) is 11.2. The fourth-order valence-electron chi connectivity index (χ4n) is 3.43. The molecular weight excluding hydrogens is 444 g/mol. The van der Waals surface area contributed by atoms with Crippen LogP contribution < -0.4 is 4.74 Å². The first-order valence-electron chi connectivity index (χ1n) is 10.1. The Balaban J connectivity index is 1.42. The van der Waals surface area contributed by atoms with E-state index in [0.29, 0.717) is 46.0 Å². The third kappa shape index (κ3) is 3.87. The molecule has 0 radical (unpaired) electrons. The number of rotatable bonds is 6. The molecule has 0 aliphatic carbocycles. The van der Waals surface area contributed by atoms with Crippen LogP contribution in [0.25, 0.3) is 34.4 Å². The lowest BCUT2D eigenvalue weighted by molar-refractivity contribution is 0.414. The van der Waals surface area contributed by atoms with E-state index in [1.807, 2.05) is 56.3 Å². The number of hydrogen-bond acceptors (Lipinski definition) is 8. The van der Waals surface area contributed by atoms with Crippen molar-refractivity contribution in [3.63, 3.8) is 0 Å². The Kier molecular flexibility index (Phi) is 5.39. The molecule has 166 valence electrons. The van der Waals surface area contributed by atoms with Crippen molar-refractivity contribution >= 4 is 11.6 Å². The second-order valence-electron chi connectivity index (χ2n) is 7.31. The molecule has 9 nitrogen and oxygen atoms in total. The highest BCUT2D eigenvalue weighted by Crippen LogP contribution is 2.31. The molecule has 0 unspecified atom stereocenters. The SMILES string of the molecule is COc1ccccc1-c1nc(Cn2nnc(-c3nc(-c4ccccc4Cl)no3)c2C)c(C)o1. The monoisotopic (exact) mass is 462 g/mol. The van der Waals surface area contributed by atoms with E-state index in [-0.39, 0.29) is 5.89 Å². The van der Waals surface area contributed by atoms with E-state index in [1.165, 1.54) is 0 Å². The molecule has 0 saturated heterocycles. The molecule has 0 fully saturated rings. The Morgan fingerprint density at radius 1 is 0.970 bits per heavy atom. The first-order valence-corrected chi connectivity index (χ1v) is 10.5. The van der Waals surface area contributed by atoms with Gasteiger partial charge in [-0.1, -0.05) is 46.2 Å². The van der Waals surface area contributed by atoms with Gasteiger partial charge < -0.3 is 13.7 Å². The molecule has 5 rings (SSSR count). The predicted molar refractivity (Wildman–Crippen MR) is 121 cm³/mol. The highest BCUT2D eigenvalue weighted by molar-refractivity contribution is 6.33. The second kappa shape index (κ2) is 8.51. The summed E-state index contributed by atoms with van der Waals surface area (Å²) in [5.74, 6) is 2.51. The summed E-state index contributed by atoms with van der Waals surface area (Å²) in [6.07, 6.45) is 0. The molecule has 0 atom stereocenters. The standard InChI is InChI=1S/C23H19ClN6O3/c1-13-20(23-26-21(28-33-23)15-8-4-6-10-17(15)24)27-29-30(13)12-18-14(2)32-22(25-18)16-9-5-7-11-19(16)31-3/h4-11H,12H2,1-3H3. The van der Waals surface area contributed by atoms with Crippen molar-refractivity contribution in [2.75, 3.05) is 7.11 Å². The minimum absolute atomic E-state index is 0.264. The molecule has 0 N–H and O–H groups in total. The van der Waals surface area contributed by atoms with Gasteiger partial charge in [0.25, 0.3) is 5.89 Å². The summed E-state index contributed by atoms with van der Waals surface area (Å²) in [6.45, 7) is 4.11. The number of oxazole rings is 1. The maximum absolute atomic E-state index is 6.24. The van der Waals surface area contributed by atoms with Crippen LogP contribution in [0.3, 0.4) is 0 Å². The Morgan fingerprint density at radius 3 is 2.52 bits per heavy atom. The molecule has 0 amide bonds. The summed E-state index contributed by atoms with van der Waals surface area (Å²) < 4.78 is 18.5. The molecular formula is C23H19ClN6O3. The molecule has 0 aliphatic heterocycles. The van der Waals surface area contributed by atoms with E-state index in [2.05, 4.69) is 25.4 Å². The van der Waals surface area contributed by atoms with Crippen LogP contribution in [0.4, 0.5) is 0 Å². The average Bonchev–Trinajstić information content (AvgIpc) is 3.54. The van der Waals surface area contributed by atoms with Gasteiger partial charge in [0.1, 0.15) is 17.2 Å². The lowest BCUT2D eigenvalue weighted by Gasteiger charge is -2.03. The number of aryl methyl sites for hydroxylation is 1. The van der Waals surface area contributed by atoms with Crippen LogP contribution in [-0.4, -0.2) is 37.2 Å². The molecule has 3 heterocycles. The Bertz CT molecular complexity index is 1440. The lowest BCUT2D eigenvalue weighted by Crippen LogP contribution is -2.05. The van der Waals surface area contributed by atoms with Gasteiger partial charge in [-0.05, 0) is 38.1 Å². The van der Waals surface area contributed by atoms with E-state index in [1.54, 1.807) is 17.9 Å². The van der Waals surface area contributed by atoms with Gasteiger partial charge in [0.05, 0.1) is 29.9 Å². The van der Waals surface area contributed by atoms with Gasteiger partial charge in [-0.15, -0.1) is 5.10 Å². The molecule has 10 heteroatoms. The molecule has 0 aliphatic rings. The Morgan fingerprint density at radius 2 is 1.73 bits per heavy atom. The number of halogens is 1. The maximum atomic E-state index is 6.24. The average molecular weight is 463 g/mol. The minimum Gasteiger partial charge on any atom is -0.496 e. The molecule has 2 aromatic carbocycles. The van der Waals surface area contributed by atoms with Gasteiger partial charge in [0.2, 0.25) is 11.7 Å². The summed E-state index contributed by atoms with van der Waals surface area (Å²) in [5.41, 5.74) is 3.44.